The standard InChI is InChI=1S/C17H15NO7/c1-9(19)25-14-7-12(20)6-13(15(14)21)16(22)18-8-10-3-2-4-11(5-10)17(23)24/h2-7,20-21H,8H2,1H3,(H,18,22)(H,23,24). The topological polar surface area (TPSA) is 133 Å². The largest absolute Gasteiger partial charge is 0.508 e. The Morgan fingerprint density at radius 1 is 1.12 bits per heavy atom. The van der Waals surface area contributed by atoms with Crippen LogP contribution in [-0.4, -0.2) is 33.2 Å². The van der Waals surface area contributed by atoms with Crippen LogP contribution < -0.4 is 10.1 Å². The van der Waals surface area contributed by atoms with Crippen molar-refractivity contribution >= 4 is 17.8 Å². The van der Waals surface area contributed by atoms with Gasteiger partial charge in [-0.1, -0.05) is 12.1 Å². The van der Waals surface area contributed by atoms with Gasteiger partial charge in [0.05, 0.1) is 11.1 Å². The van der Waals surface area contributed by atoms with Gasteiger partial charge in [-0.15, -0.1) is 0 Å². The summed E-state index contributed by atoms with van der Waals surface area (Å²) in [4.78, 5) is 34.1. The first-order valence-corrected chi connectivity index (χ1v) is 7.12. The van der Waals surface area contributed by atoms with Gasteiger partial charge in [0.1, 0.15) is 5.75 Å². The molecule has 1 amide bonds. The van der Waals surface area contributed by atoms with Crippen LogP contribution in [0.1, 0.15) is 33.2 Å². The summed E-state index contributed by atoms with van der Waals surface area (Å²) >= 11 is 0. The van der Waals surface area contributed by atoms with Gasteiger partial charge in [-0.3, -0.25) is 9.59 Å². The zero-order valence-corrected chi connectivity index (χ0v) is 13.1. The van der Waals surface area contributed by atoms with E-state index in [2.05, 4.69) is 5.32 Å². The molecule has 8 nitrogen and oxygen atoms in total. The van der Waals surface area contributed by atoms with Crippen molar-refractivity contribution in [3.05, 3.63) is 53.1 Å². The molecule has 0 aromatic heterocycles. The van der Waals surface area contributed by atoms with E-state index in [1.54, 1.807) is 6.07 Å². The molecule has 0 saturated heterocycles. The number of aromatic hydroxyl groups is 2. The third-order valence-electron chi connectivity index (χ3n) is 3.19. The number of benzene rings is 2. The summed E-state index contributed by atoms with van der Waals surface area (Å²) in [5, 5.41) is 31.1. The summed E-state index contributed by atoms with van der Waals surface area (Å²) in [5.41, 5.74) is 0.322. The van der Waals surface area contributed by atoms with Crippen LogP contribution in [0, 0.1) is 0 Å². The fourth-order valence-electron chi connectivity index (χ4n) is 2.09. The molecule has 2 aromatic rings. The minimum atomic E-state index is -1.09. The minimum Gasteiger partial charge on any atom is -0.508 e. The first-order valence-electron chi connectivity index (χ1n) is 7.12. The van der Waals surface area contributed by atoms with Crippen LogP contribution >= 0.6 is 0 Å². The van der Waals surface area contributed by atoms with E-state index in [0.29, 0.717) is 5.56 Å². The van der Waals surface area contributed by atoms with Crippen molar-refractivity contribution in [1.82, 2.24) is 5.32 Å². The number of carbonyl (C=O) groups excluding carboxylic acids is 2. The van der Waals surface area contributed by atoms with Crippen LogP contribution in [0.3, 0.4) is 0 Å². The zero-order chi connectivity index (χ0) is 18.6. The fraction of sp³-hybridized carbons (Fsp3) is 0.118. The summed E-state index contributed by atoms with van der Waals surface area (Å²) < 4.78 is 4.73. The number of phenols is 2. The molecule has 25 heavy (non-hydrogen) atoms. The maximum atomic E-state index is 12.2. The van der Waals surface area contributed by atoms with Crippen molar-refractivity contribution in [2.45, 2.75) is 13.5 Å². The highest BCUT2D eigenvalue weighted by Gasteiger charge is 2.18. The SMILES string of the molecule is CC(=O)Oc1cc(O)cc(C(=O)NCc2cccc(C(=O)O)c2)c1O. The Kier molecular flexibility index (Phi) is 5.23. The molecule has 8 heteroatoms. The first-order chi connectivity index (χ1) is 11.8. The molecule has 2 aromatic carbocycles. The Hall–Kier alpha value is -3.55. The molecular weight excluding hydrogens is 330 g/mol. The normalized spacial score (nSPS) is 10.1. The Balaban J connectivity index is 2.18. The minimum absolute atomic E-state index is 0.00204. The van der Waals surface area contributed by atoms with Crippen molar-refractivity contribution in [2.24, 2.45) is 0 Å². The van der Waals surface area contributed by atoms with E-state index >= 15 is 0 Å². The van der Waals surface area contributed by atoms with Gasteiger partial charge < -0.3 is 25.4 Å². The lowest BCUT2D eigenvalue weighted by Gasteiger charge is -2.11. The number of phenolic OH excluding ortho intramolecular Hbond substituents is 2. The molecule has 0 radical (unpaired) electrons. The second kappa shape index (κ2) is 7.35. The van der Waals surface area contributed by atoms with Crippen molar-refractivity contribution < 1.29 is 34.4 Å². The number of hydrogen-bond donors (Lipinski definition) is 4. The summed E-state index contributed by atoms with van der Waals surface area (Å²) in [6, 6.07) is 8.00. The van der Waals surface area contributed by atoms with Gasteiger partial charge in [-0.2, -0.15) is 0 Å². The third kappa shape index (κ3) is 4.47. The predicted molar refractivity (Wildman–Crippen MR) is 85.7 cm³/mol. The number of amides is 1. The van der Waals surface area contributed by atoms with E-state index in [4.69, 9.17) is 9.84 Å². The van der Waals surface area contributed by atoms with E-state index < -0.39 is 23.6 Å². The summed E-state index contributed by atoms with van der Waals surface area (Å²) in [5.74, 6) is -3.85. The Morgan fingerprint density at radius 2 is 1.84 bits per heavy atom. The third-order valence-corrected chi connectivity index (χ3v) is 3.19. The van der Waals surface area contributed by atoms with Gasteiger partial charge in [0.25, 0.3) is 5.91 Å². The lowest BCUT2D eigenvalue weighted by molar-refractivity contribution is -0.132. The van der Waals surface area contributed by atoms with E-state index in [0.717, 1.165) is 19.1 Å². The number of esters is 1. The van der Waals surface area contributed by atoms with Crippen molar-refractivity contribution in [2.75, 3.05) is 0 Å². The Morgan fingerprint density at radius 3 is 2.48 bits per heavy atom. The molecule has 0 aliphatic carbocycles. The van der Waals surface area contributed by atoms with E-state index in [1.165, 1.54) is 18.2 Å². The molecule has 0 unspecified atom stereocenters. The summed E-state index contributed by atoms with van der Waals surface area (Å²) in [6.07, 6.45) is 0. The average Bonchev–Trinajstić information content (AvgIpc) is 2.55. The summed E-state index contributed by atoms with van der Waals surface area (Å²) in [6.45, 7) is 1.11. The van der Waals surface area contributed by atoms with Crippen LogP contribution in [0.4, 0.5) is 0 Å². The molecule has 0 spiro atoms. The van der Waals surface area contributed by atoms with E-state index in [9.17, 15) is 24.6 Å². The predicted octanol–water partition coefficient (Wildman–Crippen LogP) is 1.65. The number of ether oxygens (including phenoxy) is 1. The smallest absolute Gasteiger partial charge is 0.335 e. The number of nitrogens with one attached hydrogen (secondary N) is 1. The molecule has 0 fully saturated rings. The van der Waals surface area contributed by atoms with Crippen LogP contribution in [0.25, 0.3) is 0 Å². The second-order valence-electron chi connectivity index (χ2n) is 5.12. The lowest BCUT2D eigenvalue weighted by atomic mass is 10.1. The van der Waals surface area contributed by atoms with Gasteiger partial charge in [0, 0.05) is 19.5 Å². The number of carboxylic acid groups (broad SMARTS) is 1. The Labute approximate surface area is 142 Å². The highest BCUT2D eigenvalue weighted by Crippen LogP contribution is 2.34. The molecule has 130 valence electrons. The quantitative estimate of drug-likeness (QED) is 0.368. The maximum Gasteiger partial charge on any atom is 0.335 e. The molecule has 0 heterocycles. The van der Waals surface area contributed by atoms with Crippen molar-refractivity contribution in [3.63, 3.8) is 0 Å². The van der Waals surface area contributed by atoms with Crippen molar-refractivity contribution in [1.29, 1.82) is 0 Å². The zero-order valence-electron chi connectivity index (χ0n) is 13.1. The monoisotopic (exact) mass is 345 g/mol. The van der Waals surface area contributed by atoms with Crippen LogP contribution in [0.2, 0.25) is 0 Å². The molecule has 2 rings (SSSR count). The van der Waals surface area contributed by atoms with E-state index in [-0.39, 0.29) is 29.2 Å². The average molecular weight is 345 g/mol. The highest BCUT2D eigenvalue weighted by atomic mass is 16.5. The number of aromatic carboxylic acids is 1. The number of hydrogen-bond acceptors (Lipinski definition) is 6. The highest BCUT2D eigenvalue weighted by molar-refractivity contribution is 5.98. The van der Waals surface area contributed by atoms with Gasteiger partial charge in [-0.05, 0) is 23.8 Å². The van der Waals surface area contributed by atoms with Gasteiger partial charge >= 0.3 is 11.9 Å². The molecule has 0 atom stereocenters. The van der Waals surface area contributed by atoms with Gasteiger partial charge in [0.2, 0.25) is 0 Å². The molecule has 4 N–H and O–H groups in total. The van der Waals surface area contributed by atoms with Crippen LogP contribution in [-0.2, 0) is 11.3 Å². The molecule has 0 aliphatic rings. The van der Waals surface area contributed by atoms with Gasteiger partial charge in [-0.25, -0.2) is 4.79 Å². The molecular formula is C17H15NO7. The van der Waals surface area contributed by atoms with Gasteiger partial charge in [0.15, 0.2) is 11.5 Å². The lowest BCUT2D eigenvalue weighted by Crippen LogP contribution is -2.23. The van der Waals surface area contributed by atoms with E-state index in [1.807, 2.05) is 0 Å². The second-order valence-corrected chi connectivity index (χ2v) is 5.12. The Bertz CT molecular complexity index is 845. The fourth-order valence-corrected chi connectivity index (χ4v) is 2.09. The summed E-state index contributed by atoms with van der Waals surface area (Å²) in [7, 11) is 0. The number of rotatable bonds is 5. The molecule has 0 aliphatic heterocycles. The van der Waals surface area contributed by atoms with Crippen LogP contribution in [0.5, 0.6) is 17.2 Å². The number of carboxylic acids is 1. The van der Waals surface area contributed by atoms with Crippen LogP contribution in [0.15, 0.2) is 36.4 Å². The first kappa shape index (κ1) is 17.8. The maximum absolute atomic E-state index is 12.2. The molecule has 0 saturated carbocycles. The number of carbonyl (C=O) groups is 3. The molecule has 0 bridgehead atoms. The van der Waals surface area contributed by atoms with Crippen molar-refractivity contribution in [3.8, 4) is 17.2 Å².